The molecule has 0 fully saturated rings. The van der Waals surface area contributed by atoms with E-state index in [4.69, 9.17) is 0 Å². The van der Waals surface area contributed by atoms with Crippen LogP contribution in [-0.4, -0.2) is 34.9 Å². The highest BCUT2D eigenvalue weighted by Crippen LogP contribution is 2.30. The lowest BCUT2D eigenvalue weighted by Crippen LogP contribution is -2.29. The maximum Gasteiger partial charge on any atom is 0.250 e. The molecule has 0 aliphatic heterocycles. The van der Waals surface area contributed by atoms with E-state index >= 15 is 0 Å². The molecule has 0 atom stereocenters. The summed E-state index contributed by atoms with van der Waals surface area (Å²) in [6, 6.07) is 1.55. The quantitative estimate of drug-likeness (QED) is 0.817. The predicted octanol–water partition coefficient (Wildman–Crippen LogP) is 1.53. The van der Waals surface area contributed by atoms with Crippen molar-refractivity contribution in [2.45, 2.75) is 18.1 Å². The van der Waals surface area contributed by atoms with Gasteiger partial charge in [0.05, 0.1) is 9.54 Å². The highest BCUT2D eigenvalue weighted by atomic mass is 79.9. The Bertz CT molecular complexity index is 599. The smallest absolute Gasteiger partial charge is 0.229 e. The molecular weight excluding hydrogens is 362 g/mol. The molecule has 0 bridgehead atoms. The zero-order valence-corrected chi connectivity index (χ0v) is 14.0. The van der Waals surface area contributed by atoms with E-state index in [9.17, 15) is 16.8 Å². The summed E-state index contributed by atoms with van der Waals surface area (Å²) in [5.41, 5.74) is 0.835. The van der Waals surface area contributed by atoms with Gasteiger partial charge in [-0.25, -0.2) is 21.6 Å². The van der Waals surface area contributed by atoms with Gasteiger partial charge in [0, 0.05) is 12.3 Å². The Kier molecular flexibility index (Phi) is 5.36. The molecule has 1 N–H and O–H groups in total. The van der Waals surface area contributed by atoms with Crippen molar-refractivity contribution < 1.29 is 16.8 Å². The fraction of sp³-hybridized carbons (Fsp3) is 0.556. The molecule has 0 radical (unpaired) electrons. The average Bonchev–Trinajstić information content (AvgIpc) is 2.59. The molecule has 1 rings (SSSR count). The summed E-state index contributed by atoms with van der Waals surface area (Å²) < 4.78 is 49.4. The third kappa shape index (κ3) is 4.30. The summed E-state index contributed by atoms with van der Waals surface area (Å²) in [5, 5.41) is 0. The van der Waals surface area contributed by atoms with Crippen molar-refractivity contribution >= 4 is 47.1 Å². The molecule has 9 heteroatoms. The number of sulfonamides is 1. The van der Waals surface area contributed by atoms with Gasteiger partial charge in [0.2, 0.25) is 10.0 Å². The minimum absolute atomic E-state index is 0.0123. The van der Waals surface area contributed by atoms with Crippen LogP contribution in [-0.2, 0) is 19.9 Å². The Hall–Kier alpha value is 0.0400. The maximum atomic E-state index is 11.9. The standard InChI is InChI=1S/C9H14BrNO4S3/c1-3-17(12,13)5-4-11-18(14,15)8-6-7(2)9(10)16-8/h6,11H,3-5H2,1-2H3. The van der Waals surface area contributed by atoms with Crippen LogP contribution >= 0.6 is 27.3 Å². The van der Waals surface area contributed by atoms with Crippen molar-refractivity contribution in [3.05, 3.63) is 15.4 Å². The topological polar surface area (TPSA) is 80.3 Å². The molecule has 0 spiro atoms. The average molecular weight is 376 g/mol. The summed E-state index contributed by atoms with van der Waals surface area (Å²) >= 11 is 4.35. The fourth-order valence-corrected chi connectivity index (χ4v) is 5.24. The Labute approximate surface area is 120 Å². The monoisotopic (exact) mass is 375 g/mol. The maximum absolute atomic E-state index is 11.9. The largest absolute Gasteiger partial charge is 0.250 e. The number of nitrogens with one attached hydrogen (secondary N) is 1. The third-order valence-electron chi connectivity index (χ3n) is 2.24. The van der Waals surface area contributed by atoms with E-state index in [0.29, 0.717) is 0 Å². The second-order valence-corrected chi connectivity index (χ2v) is 10.5. The highest BCUT2D eigenvalue weighted by Gasteiger charge is 2.18. The molecule has 5 nitrogen and oxygen atoms in total. The van der Waals surface area contributed by atoms with E-state index in [0.717, 1.165) is 20.7 Å². The lowest BCUT2D eigenvalue weighted by Gasteiger charge is -2.04. The van der Waals surface area contributed by atoms with Crippen molar-refractivity contribution in [3.8, 4) is 0 Å². The van der Waals surface area contributed by atoms with E-state index in [1.165, 1.54) is 6.92 Å². The van der Waals surface area contributed by atoms with Crippen LogP contribution < -0.4 is 4.72 Å². The SMILES string of the molecule is CCS(=O)(=O)CCNS(=O)(=O)c1cc(C)c(Br)s1. The van der Waals surface area contributed by atoms with E-state index in [1.807, 2.05) is 0 Å². The minimum atomic E-state index is -3.62. The van der Waals surface area contributed by atoms with E-state index < -0.39 is 19.9 Å². The molecule has 0 aliphatic carbocycles. The number of hydrogen-bond donors (Lipinski definition) is 1. The zero-order valence-electron chi connectivity index (χ0n) is 9.93. The van der Waals surface area contributed by atoms with Crippen molar-refractivity contribution in [1.29, 1.82) is 0 Å². The van der Waals surface area contributed by atoms with Gasteiger partial charge in [0.25, 0.3) is 0 Å². The Balaban J connectivity index is 2.72. The van der Waals surface area contributed by atoms with Crippen LogP contribution in [0.5, 0.6) is 0 Å². The molecule has 104 valence electrons. The minimum Gasteiger partial charge on any atom is -0.229 e. The fourth-order valence-electron chi connectivity index (χ4n) is 1.11. The Morgan fingerprint density at radius 2 is 1.94 bits per heavy atom. The van der Waals surface area contributed by atoms with Crippen molar-refractivity contribution in [1.82, 2.24) is 4.72 Å². The van der Waals surface area contributed by atoms with Gasteiger partial charge in [0.15, 0.2) is 9.84 Å². The van der Waals surface area contributed by atoms with Gasteiger partial charge in [-0.2, -0.15) is 0 Å². The number of rotatable bonds is 6. The van der Waals surface area contributed by atoms with Crippen molar-refractivity contribution in [2.24, 2.45) is 0 Å². The first-order valence-electron chi connectivity index (χ1n) is 5.14. The van der Waals surface area contributed by atoms with Gasteiger partial charge in [-0.1, -0.05) is 6.92 Å². The summed E-state index contributed by atoms with van der Waals surface area (Å²) in [6.45, 7) is 3.22. The van der Waals surface area contributed by atoms with Crippen LogP contribution in [0.3, 0.4) is 0 Å². The Morgan fingerprint density at radius 1 is 1.33 bits per heavy atom. The molecule has 0 unspecified atom stereocenters. The number of sulfone groups is 1. The summed E-state index contributed by atoms with van der Waals surface area (Å²) in [6.07, 6.45) is 0. The lowest BCUT2D eigenvalue weighted by molar-refractivity contribution is 0.583. The number of halogens is 1. The second kappa shape index (κ2) is 6.00. The van der Waals surface area contributed by atoms with Crippen LogP contribution in [0, 0.1) is 6.92 Å². The molecule has 0 saturated carbocycles. The first kappa shape index (κ1) is 16.1. The number of thiophene rings is 1. The Morgan fingerprint density at radius 3 is 2.39 bits per heavy atom. The van der Waals surface area contributed by atoms with Gasteiger partial charge < -0.3 is 0 Å². The third-order valence-corrected chi connectivity index (χ3v) is 8.02. The van der Waals surface area contributed by atoms with E-state index in [1.54, 1.807) is 13.0 Å². The summed E-state index contributed by atoms with van der Waals surface area (Å²) in [5.74, 6) is -0.174. The predicted molar refractivity (Wildman–Crippen MR) is 76.3 cm³/mol. The van der Waals surface area contributed by atoms with Gasteiger partial charge in [-0.05, 0) is 34.5 Å². The van der Waals surface area contributed by atoms with Gasteiger partial charge in [-0.3, -0.25) is 0 Å². The van der Waals surface area contributed by atoms with Gasteiger partial charge in [-0.15, -0.1) is 11.3 Å². The normalized spacial score (nSPS) is 12.8. The zero-order chi connectivity index (χ0) is 14.0. The summed E-state index contributed by atoms with van der Waals surface area (Å²) in [4.78, 5) is 0. The van der Waals surface area contributed by atoms with Gasteiger partial charge >= 0.3 is 0 Å². The molecule has 1 heterocycles. The molecule has 0 aliphatic rings. The van der Waals surface area contributed by atoms with E-state index in [-0.39, 0.29) is 22.3 Å². The van der Waals surface area contributed by atoms with Crippen LogP contribution in [0.2, 0.25) is 0 Å². The van der Waals surface area contributed by atoms with Crippen LogP contribution in [0.25, 0.3) is 0 Å². The molecule has 18 heavy (non-hydrogen) atoms. The molecule has 0 amide bonds. The van der Waals surface area contributed by atoms with Crippen molar-refractivity contribution in [3.63, 3.8) is 0 Å². The molecule has 1 aromatic heterocycles. The van der Waals surface area contributed by atoms with Crippen LogP contribution in [0.4, 0.5) is 0 Å². The first-order valence-corrected chi connectivity index (χ1v) is 10.1. The molecule has 0 aromatic carbocycles. The highest BCUT2D eigenvalue weighted by molar-refractivity contribution is 9.11. The van der Waals surface area contributed by atoms with Crippen LogP contribution in [0.15, 0.2) is 14.1 Å². The molecule has 0 saturated heterocycles. The van der Waals surface area contributed by atoms with E-state index in [2.05, 4.69) is 20.7 Å². The lowest BCUT2D eigenvalue weighted by atomic mass is 10.4. The second-order valence-electron chi connectivity index (χ2n) is 3.66. The first-order chi connectivity index (χ1) is 8.18. The molecule has 1 aromatic rings. The molecular formula is C9H14BrNO4S3. The van der Waals surface area contributed by atoms with Crippen LogP contribution in [0.1, 0.15) is 12.5 Å². The number of hydrogen-bond acceptors (Lipinski definition) is 5. The van der Waals surface area contributed by atoms with Gasteiger partial charge in [0.1, 0.15) is 4.21 Å². The summed E-state index contributed by atoms with van der Waals surface area (Å²) in [7, 11) is -6.78. The van der Waals surface area contributed by atoms with Crippen molar-refractivity contribution in [2.75, 3.05) is 18.1 Å². The number of aryl methyl sites for hydroxylation is 1.